The first-order valence-corrected chi connectivity index (χ1v) is 18.6. The highest BCUT2D eigenvalue weighted by Gasteiger charge is 2.40. The molecule has 232 valence electrons. The summed E-state index contributed by atoms with van der Waals surface area (Å²) in [5, 5.41) is 9.85. The second kappa shape index (κ2) is 10.6. The van der Waals surface area contributed by atoms with E-state index in [-0.39, 0.29) is 0 Å². The Morgan fingerprint density at radius 2 is 1.18 bits per heavy atom. The SMILES string of the molecule is CCc1nc2cccc3c2n1-c1cc(-c2c4ccccc4c(-c4cccc5ccccc45)c4ccccc24)ccc1P3(=O)c1ccccc1. The average molecular weight is 647 g/mol. The highest BCUT2D eigenvalue weighted by Crippen LogP contribution is 2.51. The van der Waals surface area contributed by atoms with Gasteiger partial charge in [-0.3, -0.25) is 4.57 Å². The van der Waals surface area contributed by atoms with E-state index in [4.69, 9.17) is 4.98 Å². The Morgan fingerprint density at radius 1 is 0.571 bits per heavy atom. The molecule has 4 heteroatoms. The molecule has 1 atom stereocenters. The second-order valence-corrected chi connectivity index (χ2v) is 15.6. The van der Waals surface area contributed by atoms with E-state index in [0.717, 1.165) is 50.4 Å². The van der Waals surface area contributed by atoms with E-state index in [2.05, 4.69) is 121 Å². The Labute approximate surface area is 284 Å². The molecule has 0 saturated carbocycles. The summed E-state index contributed by atoms with van der Waals surface area (Å²) < 4.78 is 18.0. The topological polar surface area (TPSA) is 34.9 Å². The third-order valence-electron chi connectivity index (χ3n) is 10.3. The fourth-order valence-corrected chi connectivity index (χ4v) is 11.2. The minimum Gasteiger partial charge on any atom is -0.308 e. The Bertz CT molecular complexity index is 2790. The highest BCUT2D eigenvalue weighted by molar-refractivity contribution is 7.86. The van der Waals surface area contributed by atoms with Crippen molar-refractivity contribution in [2.45, 2.75) is 13.3 Å². The molecular formula is C45H31N2OP. The van der Waals surface area contributed by atoms with E-state index < -0.39 is 7.14 Å². The molecule has 0 saturated heterocycles. The molecule has 1 aliphatic heterocycles. The van der Waals surface area contributed by atoms with Crippen molar-refractivity contribution in [3.63, 3.8) is 0 Å². The zero-order valence-electron chi connectivity index (χ0n) is 27.0. The van der Waals surface area contributed by atoms with Gasteiger partial charge in [0.2, 0.25) is 0 Å². The van der Waals surface area contributed by atoms with Crippen molar-refractivity contribution >= 4 is 66.4 Å². The van der Waals surface area contributed by atoms with Gasteiger partial charge in [-0.15, -0.1) is 0 Å². The largest absolute Gasteiger partial charge is 0.308 e. The summed E-state index contributed by atoms with van der Waals surface area (Å²) in [5.74, 6) is 0.973. The number of imidazole rings is 1. The van der Waals surface area contributed by atoms with Gasteiger partial charge in [-0.2, -0.15) is 0 Å². The zero-order chi connectivity index (χ0) is 32.7. The molecule has 3 nitrogen and oxygen atoms in total. The van der Waals surface area contributed by atoms with Crippen LogP contribution < -0.4 is 15.9 Å². The average Bonchev–Trinajstić information content (AvgIpc) is 3.55. The Morgan fingerprint density at radius 3 is 1.90 bits per heavy atom. The van der Waals surface area contributed by atoms with E-state index >= 15 is 4.57 Å². The van der Waals surface area contributed by atoms with Gasteiger partial charge < -0.3 is 4.57 Å². The van der Waals surface area contributed by atoms with Crippen LogP contribution in [0.25, 0.3) is 71.3 Å². The van der Waals surface area contributed by atoms with Gasteiger partial charge in [0.25, 0.3) is 0 Å². The predicted octanol–water partition coefficient (Wildman–Crippen LogP) is 10.3. The van der Waals surface area contributed by atoms with E-state index in [0.29, 0.717) is 0 Å². The van der Waals surface area contributed by atoms with Crippen LogP contribution in [0, 0.1) is 0 Å². The fraction of sp³-hybridized carbons (Fsp3) is 0.0444. The quantitative estimate of drug-likeness (QED) is 0.141. The minimum atomic E-state index is -3.20. The number of fused-ring (bicyclic) bond motifs is 5. The Kier molecular flexibility index (Phi) is 6.13. The molecule has 0 amide bonds. The van der Waals surface area contributed by atoms with E-state index in [1.165, 1.54) is 49.0 Å². The summed E-state index contributed by atoms with van der Waals surface area (Å²) in [6, 6.07) is 55.5. The maximum absolute atomic E-state index is 15.7. The number of hydrogen-bond acceptors (Lipinski definition) is 2. The van der Waals surface area contributed by atoms with Crippen molar-refractivity contribution in [2.24, 2.45) is 0 Å². The molecule has 2 heterocycles. The first-order chi connectivity index (χ1) is 24.2. The van der Waals surface area contributed by atoms with Crippen molar-refractivity contribution in [3.8, 4) is 27.9 Å². The molecule has 1 aliphatic rings. The van der Waals surface area contributed by atoms with Crippen LogP contribution in [-0.2, 0) is 11.0 Å². The lowest BCUT2D eigenvalue weighted by molar-refractivity contribution is 0.592. The number of para-hydroxylation sites is 1. The molecule has 1 unspecified atom stereocenters. The molecular weight excluding hydrogens is 615 g/mol. The van der Waals surface area contributed by atoms with Crippen molar-refractivity contribution in [3.05, 3.63) is 164 Å². The monoisotopic (exact) mass is 646 g/mol. The molecule has 0 aliphatic carbocycles. The Hall–Kier alpha value is -5.76. The molecule has 10 rings (SSSR count). The maximum Gasteiger partial charge on any atom is 0.175 e. The lowest BCUT2D eigenvalue weighted by atomic mass is 9.84. The summed E-state index contributed by atoms with van der Waals surface area (Å²) in [5.41, 5.74) is 7.55. The third kappa shape index (κ3) is 3.91. The number of aryl methyl sites for hydroxylation is 1. The van der Waals surface area contributed by atoms with Gasteiger partial charge >= 0.3 is 0 Å². The summed E-state index contributed by atoms with van der Waals surface area (Å²) in [4.78, 5) is 5.08. The summed E-state index contributed by atoms with van der Waals surface area (Å²) in [6.07, 6.45) is 0.763. The van der Waals surface area contributed by atoms with Crippen LogP contribution in [-0.4, -0.2) is 9.55 Å². The molecule has 0 spiro atoms. The molecule has 0 fully saturated rings. The molecule has 0 bridgehead atoms. The number of rotatable bonds is 4. The number of benzene rings is 8. The normalized spacial score (nSPS) is 15.3. The lowest BCUT2D eigenvalue weighted by Crippen LogP contribution is -2.33. The van der Waals surface area contributed by atoms with E-state index in [1.807, 2.05) is 48.5 Å². The lowest BCUT2D eigenvalue weighted by Gasteiger charge is -2.30. The van der Waals surface area contributed by atoms with E-state index in [1.54, 1.807) is 0 Å². The van der Waals surface area contributed by atoms with E-state index in [9.17, 15) is 0 Å². The molecule has 0 N–H and O–H groups in total. The number of nitrogens with zero attached hydrogens (tertiary/aromatic N) is 2. The van der Waals surface area contributed by atoms with Gasteiger partial charge in [-0.25, -0.2) is 4.98 Å². The van der Waals surface area contributed by atoms with Gasteiger partial charge in [0.1, 0.15) is 5.82 Å². The standard InChI is InChI=1S/C45H31N2OP/c1-2-42-46-38-24-13-25-41-45(38)47(42)39-28-30(26-27-40(39)49(41,48)31-16-4-3-5-17-31)43-34-19-8-10-21-36(34)44(37-22-11-9-20-35(37)43)33-23-12-15-29-14-6-7-18-32(29)33/h3-28H,2H2,1H3. The van der Waals surface area contributed by atoms with Gasteiger partial charge in [-0.05, 0) is 78.8 Å². The van der Waals surface area contributed by atoms with Crippen molar-refractivity contribution < 1.29 is 4.57 Å². The van der Waals surface area contributed by atoms with Gasteiger partial charge in [0.05, 0.1) is 16.7 Å². The smallest absolute Gasteiger partial charge is 0.175 e. The van der Waals surface area contributed by atoms with Crippen LogP contribution in [0.15, 0.2) is 158 Å². The second-order valence-electron chi connectivity index (χ2n) is 12.9. The van der Waals surface area contributed by atoms with Gasteiger partial charge in [0, 0.05) is 22.3 Å². The van der Waals surface area contributed by atoms with Crippen LogP contribution in [0.2, 0.25) is 0 Å². The minimum absolute atomic E-state index is 0.763. The van der Waals surface area contributed by atoms with Gasteiger partial charge in [-0.1, -0.05) is 140 Å². The Balaban J connectivity index is 1.32. The zero-order valence-corrected chi connectivity index (χ0v) is 27.9. The van der Waals surface area contributed by atoms with Crippen LogP contribution in [0.3, 0.4) is 0 Å². The first-order valence-electron chi connectivity index (χ1n) is 16.9. The van der Waals surface area contributed by atoms with Crippen LogP contribution >= 0.6 is 7.14 Å². The molecule has 49 heavy (non-hydrogen) atoms. The van der Waals surface area contributed by atoms with Crippen molar-refractivity contribution in [1.29, 1.82) is 0 Å². The van der Waals surface area contributed by atoms with Crippen molar-refractivity contribution in [2.75, 3.05) is 0 Å². The number of aromatic nitrogens is 2. The number of hydrogen-bond donors (Lipinski definition) is 0. The third-order valence-corrected chi connectivity index (χ3v) is 13.5. The highest BCUT2D eigenvalue weighted by atomic mass is 31.2. The molecule has 8 aromatic carbocycles. The maximum atomic E-state index is 15.7. The molecule has 0 radical (unpaired) electrons. The molecule has 1 aromatic heterocycles. The van der Waals surface area contributed by atoms with Crippen LogP contribution in [0.5, 0.6) is 0 Å². The van der Waals surface area contributed by atoms with Crippen LogP contribution in [0.4, 0.5) is 0 Å². The summed E-state index contributed by atoms with van der Waals surface area (Å²) in [7, 11) is -3.20. The summed E-state index contributed by atoms with van der Waals surface area (Å²) in [6.45, 7) is 2.15. The summed E-state index contributed by atoms with van der Waals surface area (Å²) >= 11 is 0. The fourth-order valence-electron chi connectivity index (χ4n) is 8.25. The molecule has 9 aromatic rings. The first kappa shape index (κ1) is 28.3. The van der Waals surface area contributed by atoms with Crippen molar-refractivity contribution in [1.82, 2.24) is 9.55 Å². The predicted molar refractivity (Wildman–Crippen MR) is 207 cm³/mol. The van der Waals surface area contributed by atoms with Crippen LogP contribution in [0.1, 0.15) is 12.7 Å². The van der Waals surface area contributed by atoms with Gasteiger partial charge in [0.15, 0.2) is 7.14 Å².